The highest BCUT2D eigenvalue weighted by Crippen LogP contribution is 2.65. The van der Waals surface area contributed by atoms with E-state index in [0.29, 0.717) is 0 Å². The molecule has 0 bridgehead atoms. The highest BCUT2D eigenvalue weighted by Gasteiger charge is 2.56. The van der Waals surface area contributed by atoms with E-state index >= 15 is 0 Å². The number of para-hydroxylation sites is 2. The van der Waals surface area contributed by atoms with E-state index < -0.39 is 5.41 Å². The van der Waals surface area contributed by atoms with Crippen molar-refractivity contribution >= 4 is 32.8 Å². The first kappa shape index (κ1) is 45.0. The topological polar surface area (TPSA) is 35.9 Å². The number of aromatic nitrogens is 4. The molecular formula is C64H69N4O+. The maximum Gasteiger partial charge on any atom is 0.249 e. The van der Waals surface area contributed by atoms with Crippen LogP contribution in [0.2, 0.25) is 0 Å². The van der Waals surface area contributed by atoms with Gasteiger partial charge in [0.05, 0.1) is 23.5 Å². The average Bonchev–Trinajstić information content (AvgIpc) is 3.89. The van der Waals surface area contributed by atoms with Gasteiger partial charge in [-0.2, -0.15) is 4.57 Å². The summed E-state index contributed by atoms with van der Waals surface area (Å²) in [6.07, 6.45) is 4.21. The molecule has 4 heterocycles. The first-order valence-corrected chi connectivity index (χ1v) is 25.0. The normalized spacial score (nSPS) is 14.5. The number of benzene rings is 6. The lowest BCUT2D eigenvalue weighted by Crippen LogP contribution is -2.38. The lowest BCUT2D eigenvalue weighted by atomic mass is 9.60. The molecule has 0 amide bonds. The Balaban J connectivity index is 1.20. The lowest BCUT2D eigenvalue weighted by molar-refractivity contribution is -0.645. The Morgan fingerprint density at radius 3 is 1.70 bits per heavy atom. The summed E-state index contributed by atoms with van der Waals surface area (Å²) in [5, 5.41) is 2.36. The van der Waals surface area contributed by atoms with Crippen LogP contribution < -0.4 is 9.30 Å². The number of pyridine rings is 1. The van der Waals surface area contributed by atoms with Crippen molar-refractivity contribution in [3.05, 3.63) is 178 Å². The van der Waals surface area contributed by atoms with Crippen LogP contribution in [0.25, 0.3) is 55.5 Å². The minimum atomic E-state index is -0.633. The maximum absolute atomic E-state index is 7.11. The summed E-state index contributed by atoms with van der Waals surface area (Å²) in [5.41, 5.74) is 19.6. The molecule has 3 aromatic heterocycles. The minimum absolute atomic E-state index is 0.0192. The van der Waals surface area contributed by atoms with Crippen molar-refractivity contribution in [3.63, 3.8) is 0 Å². The van der Waals surface area contributed by atoms with Crippen molar-refractivity contribution in [2.24, 2.45) is 7.05 Å². The van der Waals surface area contributed by atoms with Crippen LogP contribution >= 0.6 is 0 Å². The van der Waals surface area contributed by atoms with Gasteiger partial charge in [0.1, 0.15) is 23.0 Å². The Labute approximate surface area is 409 Å². The molecule has 11 rings (SSSR count). The van der Waals surface area contributed by atoms with Crippen LogP contribution in [0.15, 0.2) is 128 Å². The Bertz CT molecular complexity index is 3530. The van der Waals surface area contributed by atoms with Gasteiger partial charge >= 0.3 is 0 Å². The molecule has 0 saturated heterocycles. The first-order valence-electron chi connectivity index (χ1n) is 25.0. The smallest absolute Gasteiger partial charge is 0.249 e. The van der Waals surface area contributed by atoms with E-state index in [1.165, 1.54) is 83.0 Å². The van der Waals surface area contributed by atoms with Crippen LogP contribution in [0.4, 0.5) is 0 Å². The Hall–Kier alpha value is -6.46. The van der Waals surface area contributed by atoms with E-state index in [-0.39, 0.29) is 27.1 Å². The van der Waals surface area contributed by atoms with Crippen molar-refractivity contribution in [1.29, 1.82) is 0 Å². The number of hydrogen-bond acceptors (Lipinski definition) is 2. The number of aryl methyl sites for hydroxylation is 1. The lowest BCUT2D eigenvalue weighted by Gasteiger charge is -2.42. The molecule has 1 aliphatic carbocycles. The standard InChI is InChI=1S/C64H69N4O/c1-59(2,3)38-28-29-65-55(34-38)68-51-22-18-17-20-43(51)44-26-24-41(35-53(44)68)69-42-25-27-47-54(36-42)67-37-66(16)52-23-19-21-48(58(52)67)64(47)56-45(30-39(60(4,5)6)32-49(56)62(10,11)12)46-31-40(61(7,8)9)33-50(57(46)64)63(13,14)15/h17-37H,1-16H3/q+1. The monoisotopic (exact) mass is 910 g/mol. The van der Waals surface area contributed by atoms with Gasteiger partial charge in [0.2, 0.25) is 6.33 Å². The van der Waals surface area contributed by atoms with E-state index in [2.05, 4.69) is 246 Å². The third-order valence-electron chi connectivity index (χ3n) is 15.3. The molecule has 9 aromatic rings. The Kier molecular flexibility index (Phi) is 9.49. The summed E-state index contributed by atoms with van der Waals surface area (Å²) < 4.78 is 14.1. The van der Waals surface area contributed by atoms with Crippen LogP contribution in [0, 0.1) is 0 Å². The summed E-state index contributed by atoms with van der Waals surface area (Å²) in [6.45, 7) is 35.4. The van der Waals surface area contributed by atoms with Gasteiger partial charge in [-0.15, -0.1) is 0 Å². The predicted molar refractivity (Wildman–Crippen MR) is 287 cm³/mol. The zero-order valence-corrected chi connectivity index (χ0v) is 43.8. The van der Waals surface area contributed by atoms with Gasteiger partial charge in [0.15, 0.2) is 11.0 Å². The molecule has 5 heteroatoms. The number of ether oxygens (including phenoxy) is 1. The highest BCUT2D eigenvalue weighted by molar-refractivity contribution is 6.09. The van der Waals surface area contributed by atoms with Gasteiger partial charge in [-0.1, -0.05) is 158 Å². The molecule has 2 aliphatic rings. The predicted octanol–water partition coefficient (Wildman–Crippen LogP) is 15.9. The summed E-state index contributed by atoms with van der Waals surface area (Å²) in [5.74, 6) is 2.47. The molecule has 6 aromatic carbocycles. The van der Waals surface area contributed by atoms with Crippen LogP contribution in [0.5, 0.6) is 11.5 Å². The number of nitrogens with zero attached hydrogens (tertiary/aromatic N) is 4. The SMILES string of the molecule is C[n+]1cn2c3c(cccc31)C1(c3ccc(Oc4ccc5c6ccccc6n(-c6cc(C(C)(C)C)ccn6)c5c4)cc3-2)c2c(cc(C(C)(C)C)cc2C(C)(C)C)-c2cc(C(C)(C)C)cc(C(C)(C)C)c21. The van der Waals surface area contributed by atoms with Gasteiger partial charge < -0.3 is 4.74 Å². The summed E-state index contributed by atoms with van der Waals surface area (Å²) in [4.78, 5) is 4.96. The molecule has 0 atom stereocenters. The van der Waals surface area contributed by atoms with Crippen molar-refractivity contribution in [1.82, 2.24) is 14.1 Å². The van der Waals surface area contributed by atoms with Crippen molar-refractivity contribution in [2.45, 2.75) is 136 Å². The molecule has 69 heavy (non-hydrogen) atoms. The summed E-state index contributed by atoms with van der Waals surface area (Å²) in [7, 11) is 2.18. The second kappa shape index (κ2) is 14.5. The van der Waals surface area contributed by atoms with Gasteiger partial charge in [-0.3, -0.25) is 4.57 Å². The number of imidazole rings is 1. The Morgan fingerprint density at radius 2 is 1.09 bits per heavy atom. The number of hydrogen-bond donors (Lipinski definition) is 0. The zero-order valence-electron chi connectivity index (χ0n) is 43.8. The van der Waals surface area contributed by atoms with E-state index in [0.717, 1.165) is 34.0 Å². The molecule has 0 N–H and O–H groups in total. The van der Waals surface area contributed by atoms with E-state index in [9.17, 15) is 0 Å². The fourth-order valence-electron chi connectivity index (χ4n) is 11.7. The van der Waals surface area contributed by atoms with Gasteiger partial charge in [-0.25, -0.2) is 9.55 Å². The second-order valence-electron chi connectivity index (χ2n) is 25.4. The van der Waals surface area contributed by atoms with Gasteiger partial charge in [0, 0.05) is 40.2 Å². The van der Waals surface area contributed by atoms with E-state index in [1.54, 1.807) is 0 Å². The third kappa shape index (κ3) is 6.69. The minimum Gasteiger partial charge on any atom is -0.457 e. The van der Waals surface area contributed by atoms with Crippen LogP contribution in [-0.4, -0.2) is 14.1 Å². The third-order valence-corrected chi connectivity index (χ3v) is 15.3. The first-order chi connectivity index (χ1) is 32.3. The van der Waals surface area contributed by atoms with Crippen LogP contribution in [0.1, 0.15) is 154 Å². The van der Waals surface area contributed by atoms with Crippen LogP contribution in [-0.2, 0) is 39.5 Å². The Morgan fingerprint density at radius 1 is 0.507 bits per heavy atom. The fourth-order valence-corrected chi connectivity index (χ4v) is 11.7. The molecule has 0 saturated carbocycles. The summed E-state index contributed by atoms with van der Waals surface area (Å²) in [6, 6.07) is 43.7. The second-order valence-corrected chi connectivity index (χ2v) is 25.4. The molecule has 0 radical (unpaired) electrons. The zero-order chi connectivity index (χ0) is 49.1. The summed E-state index contributed by atoms with van der Waals surface area (Å²) >= 11 is 0. The quantitative estimate of drug-likeness (QED) is 0.166. The van der Waals surface area contributed by atoms with Crippen molar-refractivity contribution in [3.8, 4) is 34.1 Å². The average molecular weight is 910 g/mol. The van der Waals surface area contributed by atoms with E-state index in [4.69, 9.17) is 9.72 Å². The molecule has 1 spiro atoms. The molecule has 1 aliphatic heterocycles. The fraction of sp³-hybridized carbons (Fsp3) is 0.344. The molecule has 5 nitrogen and oxygen atoms in total. The van der Waals surface area contributed by atoms with Gasteiger partial charge in [0.25, 0.3) is 0 Å². The number of fused-ring (bicyclic) bond motifs is 12. The van der Waals surface area contributed by atoms with Crippen LogP contribution in [0.3, 0.4) is 0 Å². The molecular weight excluding hydrogens is 841 g/mol. The van der Waals surface area contributed by atoms with Gasteiger partial charge in [-0.05, 0) is 126 Å². The molecule has 0 unspecified atom stereocenters. The van der Waals surface area contributed by atoms with E-state index in [1.807, 2.05) is 6.20 Å². The largest absolute Gasteiger partial charge is 0.457 e. The number of rotatable bonds is 3. The van der Waals surface area contributed by atoms with Crippen molar-refractivity contribution < 1.29 is 9.30 Å². The highest BCUT2D eigenvalue weighted by atomic mass is 16.5. The molecule has 0 fully saturated rings. The maximum atomic E-state index is 7.11. The molecule has 350 valence electrons. The van der Waals surface area contributed by atoms with Crippen molar-refractivity contribution in [2.75, 3.05) is 0 Å².